The average Bonchev–Trinajstić information content (AvgIpc) is 2.54. The number of anilines is 2. The lowest BCUT2D eigenvalue weighted by atomic mass is 10.2. The molecule has 2 N–H and O–H groups in total. The zero-order chi connectivity index (χ0) is 16.7. The molecule has 0 aliphatic carbocycles. The van der Waals surface area contributed by atoms with Crippen LogP contribution in [0.1, 0.15) is 18.9 Å². The Kier molecular flexibility index (Phi) is 5.75. The van der Waals surface area contributed by atoms with Crippen molar-refractivity contribution in [1.29, 1.82) is 0 Å². The van der Waals surface area contributed by atoms with Crippen LogP contribution >= 0.6 is 0 Å². The normalized spacial score (nSPS) is 11.0. The highest BCUT2D eigenvalue weighted by molar-refractivity contribution is 7.92. The van der Waals surface area contributed by atoms with Gasteiger partial charge in [0.25, 0.3) is 0 Å². The van der Waals surface area contributed by atoms with Crippen molar-refractivity contribution in [3.05, 3.63) is 42.0 Å². The lowest BCUT2D eigenvalue weighted by molar-refractivity contribution is 0.414. The van der Waals surface area contributed by atoms with Gasteiger partial charge in [0.1, 0.15) is 11.6 Å². The predicted molar refractivity (Wildman–Crippen MR) is 90.1 cm³/mol. The summed E-state index contributed by atoms with van der Waals surface area (Å²) >= 11 is 0. The molecule has 1 heterocycles. The van der Waals surface area contributed by atoms with E-state index in [9.17, 15) is 8.42 Å². The van der Waals surface area contributed by atoms with Gasteiger partial charge < -0.3 is 10.1 Å². The SMILES string of the molecule is CCCS(=O)(=O)Nc1ccc(NCc2ccc(OC)cc2)nn1. The molecule has 0 saturated heterocycles. The van der Waals surface area contributed by atoms with E-state index in [1.165, 1.54) is 0 Å². The van der Waals surface area contributed by atoms with Crippen LogP contribution in [0, 0.1) is 0 Å². The summed E-state index contributed by atoms with van der Waals surface area (Å²) in [7, 11) is -1.72. The maximum absolute atomic E-state index is 11.6. The lowest BCUT2D eigenvalue weighted by Gasteiger charge is -2.08. The van der Waals surface area contributed by atoms with Crippen molar-refractivity contribution in [2.24, 2.45) is 0 Å². The van der Waals surface area contributed by atoms with E-state index in [1.54, 1.807) is 26.2 Å². The van der Waals surface area contributed by atoms with Crippen LogP contribution in [0.4, 0.5) is 11.6 Å². The molecule has 0 aliphatic rings. The van der Waals surface area contributed by atoms with Gasteiger partial charge in [-0.05, 0) is 36.2 Å². The second-order valence-electron chi connectivity index (χ2n) is 4.93. The van der Waals surface area contributed by atoms with Gasteiger partial charge in [0.05, 0.1) is 12.9 Å². The Bertz CT molecular complexity index is 715. The molecule has 124 valence electrons. The van der Waals surface area contributed by atoms with Gasteiger partial charge in [0.2, 0.25) is 10.0 Å². The molecule has 0 atom stereocenters. The third-order valence-electron chi connectivity index (χ3n) is 3.03. The van der Waals surface area contributed by atoms with E-state index < -0.39 is 10.0 Å². The number of hydrogen-bond acceptors (Lipinski definition) is 6. The molecular weight excluding hydrogens is 316 g/mol. The van der Waals surface area contributed by atoms with Crippen LogP contribution in [0.3, 0.4) is 0 Å². The monoisotopic (exact) mass is 336 g/mol. The Labute approximate surface area is 136 Å². The fourth-order valence-electron chi connectivity index (χ4n) is 1.90. The van der Waals surface area contributed by atoms with Crippen LogP contribution in [-0.4, -0.2) is 31.5 Å². The van der Waals surface area contributed by atoms with Crippen molar-refractivity contribution >= 4 is 21.7 Å². The summed E-state index contributed by atoms with van der Waals surface area (Å²) in [5.41, 5.74) is 1.07. The predicted octanol–water partition coefficient (Wildman–Crippen LogP) is 2.25. The van der Waals surface area contributed by atoms with Gasteiger partial charge >= 0.3 is 0 Å². The molecule has 1 aromatic carbocycles. The van der Waals surface area contributed by atoms with Gasteiger partial charge in [0, 0.05) is 6.54 Å². The molecule has 0 amide bonds. The molecule has 7 nitrogen and oxygen atoms in total. The number of ether oxygens (including phenoxy) is 1. The molecule has 0 fully saturated rings. The van der Waals surface area contributed by atoms with E-state index >= 15 is 0 Å². The van der Waals surface area contributed by atoms with Gasteiger partial charge in [-0.1, -0.05) is 19.1 Å². The first kappa shape index (κ1) is 17.0. The number of nitrogens with zero attached hydrogens (tertiary/aromatic N) is 2. The maximum atomic E-state index is 11.6. The molecule has 0 bridgehead atoms. The van der Waals surface area contributed by atoms with Gasteiger partial charge in [-0.15, -0.1) is 10.2 Å². The molecular formula is C15H20N4O3S. The Morgan fingerprint density at radius 2 is 1.70 bits per heavy atom. The first-order valence-corrected chi connectivity index (χ1v) is 8.88. The highest BCUT2D eigenvalue weighted by Gasteiger charge is 2.09. The minimum atomic E-state index is -3.34. The number of benzene rings is 1. The van der Waals surface area contributed by atoms with Crippen molar-refractivity contribution in [1.82, 2.24) is 10.2 Å². The van der Waals surface area contributed by atoms with E-state index in [2.05, 4.69) is 20.2 Å². The molecule has 0 aliphatic heterocycles. The quantitative estimate of drug-likeness (QED) is 0.768. The van der Waals surface area contributed by atoms with Crippen molar-refractivity contribution in [2.75, 3.05) is 22.9 Å². The third kappa shape index (κ3) is 5.41. The highest BCUT2D eigenvalue weighted by atomic mass is 32.2. The van der Waals surface area contributed by atoms with Crippen molar-refractivity contribution in [3.63, 3.8) is 0 Å². The zero-order valence-electron chi connectivity index (χ0n) is 13.1. The summed E-state index contributed by atoms with van der Waals surface area (Å²) in [5.74, 6) is 1.65. The Balaban J connectivity index is 1.91. The van der Waals surface area contributed by atoms with Crippen LogP contribution in [0.2, 0.25) is 0 Å². The van der Waals surface area contributed by atoms with Crippen LogP contribution < -0.4 is 14.8 Å². The Hall–Kier alpha value is -2.35. The van der Waals surface area contributed by atoms with E-state index in [-0.39, 0.29) is 11.6 Å². The van der Waals surface area contributed by atoms with Gasteiger partial charge in [-0.3, -0.25) is 4.72 Å². The van der Waals surface area contributed by atoms with Gasteiger partial charge in [0.15, 0.2) is 5.82 Å². The van der Waals surface area contributed by atoms with E-state index in [0.29, 0.717) is 18.8 Å². The molecule has 2 rings (SSSR count). The van der Waals surface area contributed by atoms with Gasteiger partial charge in [-0.2, -0.15) is 0 Å². The maximum Gasteiger partial charge on any atom is 0.233 e. The van der Waals surface area contributed by atoms with E-state index in [0.717, 1.165) is 11.3 Å². The summed E-state index contributed by atoms with van der Waals surface area (Å²) in [6.45, 7) is 2.39. The molecule has 2 aromatic rings. The first-order valence-electron chi connectivity index (χ1n) is 7.23. The minimum absolute atomic E-state index is 0.0617. The number of rotatable bonds is 8. The number of hydrogen-bond donors (Lipinski definition) is 2. The fraction of sp³-hybridized carbons (Fsp3) is 0.333. The summed E-state index contributed by atoms with van der Waals surface area (Å²) in [5, 5.41) is 10.9. The average molecular weight is 336 g/mol. The van der Waals surface area contributed by atoms with Crippen molar-refractivity contribution in [2.45, 2.75) is 19.9 Å². The zero-order valence-corrected chi connectivity index (χ0v) is 13.9. The second kappa shape index (κ2) is 7.77. The Morgan fingerprint density at radius 1 is 1.04 bits per heavy atom. The fourth-order valence-corrected chi connectivity index (χ4v) is 2.96. The van der Waals surface area contributed by atoms with Crippen molar-refractivity contribution in [3.8, 4) is 5.75 Å². The van der Waals surface area contributed by atoms with Crippen LogP contribution in [-0.2, 0) is 16.6 Å². The summed E-state index contributed by atoms with van der Waals surface area (Å²) in [6.07, 6.45) is 0.546. The van der Waals surface area contributed by atoms with Crippen LogP contribution in [0.25, 0.3) is 0 Å². The van der Waals surface area contributed by atoms with E-state index in [1.807, 2.05) is 24.3 Å². The largest absolute Gasteiger partial charge is 0.497 e. The molecule has 0 radical (unpaired) electrons. The van der Waals surface area contributed by atoms with Crippen LogP contribution in [0.15, 0.2) is 36.4 Å². The van der Waals surface area contributed by atoms with Crippen molar-refractivity contribution < 1.29 is 13.2 Å². The molecule has 0 unspecified atom stereocenters. The Morgan fingerprint density at radius 3 is 2.26 bits per heavy atom. The number of aromatic nitrogens is 2. The number of methoxy groups -OCH3 is 1. The minimum Gasteiger partial charge on any atom is -0.497 e. The number of nitrogens with one attached hydrogen (secondary N) is 2. The summed E-state index contributed by atoms with van der Waals surface area (Å²) < 4.78 is 30.8. The third-order valence-corrected chi connectivity index (χ3v) is 4.50. The standard InChI is InChI=1S/C15H20N4O3S/c1-3-10-23(20,21)19-15-9-8-14(17-18-15)16-11-12-4-6-13(22-2)7-5-12/h4-9H,3,10-11H2,1-2H3,(H,16,17)(H,18,19). The van der Waals surface area contributed by atoms with Crippen LogP contribution in [0.5, 0.6) is 5.75 Å². The molecule has 8 heteroatoms. The van der Waals surface area contributed by atoms with Gasteiger partial charge in [-0.25, -0.2) is 8.42 Å². The summed E-state index contributed by atoms with van der Waals surface area (Å²) in [6, 6.07) is 10.9. The first-order chi connectivity index (χ1) is 11.0. The lowest BCUT2D eigenvalue weighted by Crippen LogP contribution is -2.17. The molecule has 1 aromatic heterocycles. The molecule has 23 heavy (non-hydrogen) atoms. The molecule has 0 saturated carbocycles. The second-order valence-corrected chi connectivity index (χ2v) is 6.77. The van der Waals surface area contributed by atoms with E-state index in [4.69, 9.17) is 4.74 Å². The molecule has 0 spiro atoms. The smallest absolute Gasteiger partial charge is 0.233 e. The summed E-state index contributed by atoms with van der Waals surface area (Å²) in [4.78, 5) is 0. The highest BCUT2D eigenvalue weighted by Crippen LogP contribution is 2.13. The topological polar surface area (TPSA) is 93.2 Å². The number of sulfonamides is 1.